The maximum atomic E-state index is 12.4. The lowest BCUT2D eigenvalue weighted by Crippen LogP contribution is -2.38. The summed E-state index contributed by atoms with van der Waals surface area (Å²) in [5.41, 5.74) is 2.61. The van der Waals surface area contributed by atoms with Crippen molar-refractivity contribution in [3.05, 3.63) is 53.2 Å². The molecule has 2 aromatic rings. The maximum absolute atomic E-state index is 12.4. The molecule has 8 heteroatoms. The summed E-state index contributed by atoms with van der Waals surface area (Å²) < 4.78 is 5.07. The van der Waals surface area contributed by atoms with Crippen LogP contribution in [-0.4, -0.2) is 54.9 Å². The molecule has 1 N–H and O–H groups in total. The van der Waals surface area contributed by atoms with Crippen molar-refractivity contribution in [2.24, 2.45) is 0 Å². The summed E-state index contributed by atoms with van der Waals surface area (Å²) in [5.74, 6) is -1.44. The summed E-state index contributed by atoms with van der Waals surface area (Å²) in [4.78, 5) is 42.2. The number of nitrogens with zero attached hydrogens (tertiary/aromatic N) is 2. The molecule has 28 heavy (non-hydrogen) atoms. The molecule has 1 aromatic heterocycles. The van der Waals surface area contributed by atoms with Gasteiger partial charge in [0.2, 0.25) is 5.91 Å². The highest BCUT2D eigenvalue weighted by Gasteiger charge is 2.17. The summed E-state index contributed by atoms with van der Waals surface area (Å²) in [5, 5.41) is 2.91. The molecule has 0 aliphatic heterocycles. The highest BCUT2D eigenvalue weighted by Crippen LogP contribution is 2.30. The Kier molecular flexibility index (Phi) is 7.57. The van der Waals surface area contributed by atoms with Crippen LogP contribution in [0.3, 0.4) is 0 Å². The van der Waals surface area contributed by atoms with E-state index in [9.17, 15) is 14.4 Å². The smallest absolute Gasteiger partial charge is 0.341 e. The molecule has 1 heterocycles. The standard InChI is InChI=1S/C20H23N3O4S/c1-13-7-8-15(10-14(13)2)28-19-16(6-5-9-21-19)20(26)27-12-17(24)22-11-18(25)23(3)4/h5-10H,11-12H2,1-4H3,(H,22,24). The van der Waals surface area contributed by atoms with Gasteiger partial charge in [0.25, 0.3) is 5.91 Å². The van der Waals surface area contributed by atoms with Gasteiger partial charge in [-0.3, -0.25) is 9.59 Å². The van der Waals surface area contributed by atoms with Gasteiger partial charge in [-0.1, -0.05) is 17.8 Å². The van der Waals surface area contributed by atoms with Crippen LogP contribution in [0, 0.1) is 13.8 Å². The predicted molar refractivity (Wildman–Crippen MR) is 106 cm³/mol. The van der Waals surface area contributed by atoms with E-state index in [1.807, 2.05) is 32.0 Å². The maximum Gasteiger partial charge on any atom is 0.341 e. The van der Waals surface area contributed by atoms with Gasteiger partial charge in [-0.2, -0.15) is 0 Å². The molecule has 2 amide bonds. The molecule has 0 atom stereocenters. The molecule has 0 aliphatic rings. The Labute approximate surface area is 168 Å². The SMILES string of the molecule is Cc1ccc(Sc2ncccc2C(=O)OCC(=O)NCC(=O)N(C)C)cc1C. The minimum atomic E-state index is -0.645. The molecule has 148 valence electrons. The number of hydrogen-bond acceptors (Lipinski definition) is 6. The third kappa shape index (κ3) is 6.09. The van der Waals surface area contributed by atoms with Crippen LogP contribution in [0.1, 0.15) is 21.5 Å². The first-order valence-corrected chi connectivity index (χ1v) is 9.43. The molecule has 0 radical (unpaired) electrons. The van der Waals surface area contributed by atoms with Crippen LogP contribution in [0.25, 0.3) is 0 Å². The van der Waals surface area contributed by atoms with Crippen molar-refractivity contribution in [1.82, 2.24) is 15.2 Å². The summed E-state index contributed by atoms with van der Waals surface area (Å²) >= 11 is 1.35. The fourth-order valence-electron chi connectivity index (χ4n) is 2.11. The number of pyridine rings is 1. The Morgan fingerprint density at radius 3 is 2.57 bits per heavy atom. The average molecular weight is 401 g/mol. The second-order valence-corrected chi connectivity index (χ2v) is 7.41. The molecule has 2 rings (SSSR count). The van der Waals surface area contributed by atoms with Gasteiger partial charge >= 0.3 is 5.97 Å². The molecule has 0 aliphatic carbocycles. The van der Waals surface area contributed by atoms with E-state index in [4.69, 9.17) is 4.74 Å². The Morgan fingerprint density at radius 1 is 1.14 bits per heavy atom. The minimum Gasteiger partial charge on any atom is -0.452 e. The number of likely N-dealkylation sites (N-methyl/N-ethyl adjacent to an activating group) is 1. The number of aromatic nitrogens is 1. The van der Waals surface area contributed by atoms with Crippen molar-refractivity contribution in [2.45, 2.75) is 23.8 Å². The number of hydrogen-bond donors (Lipinski definition) is 1. The average Bonchev–Trinajstić information content (AvgIpc) is 2.67. The third-order valence-corrected chi connectivity index (χ3v) is 4.96. The topological polar surface area (TPSA) is 88.6 Å². The van der Waals surface area contributed by atoms with E-state index in [1.165, 1.54) is 22.2 Å². The fraction of sp³-hybridized carbons (Fsp3) is 0.300. The van der Waals surface area contributed by atoms with Crippen LogP contribution >= 0.6 is 11.8 Å². The van der Waals surface area contributed by atoms with Crippen LogP contribution in [0.4, 0.5) is 0 Å². The zero-order chi connectivity index (χ0) is 20.7. The van der Waals surface area contributed by atoms with Gasteiger partial charge in [-0.25, -0.2) is 9.78 Å². The predicted octanol–water partition coefficient (Wildman–Crippen LogP) is 2.21. The Balaban J connectivity index is 1.99. The van der Waals surface area contributed by atoms with Gasteiger partial charge in [0.15, 0.2) is 6.61 Å². The zero-order valence-electron chi connectivity index (χ0n) is 16.3. The highest BCUT2D eigenvalue weighted by atomic mass is 32.2. The molecule has 0 saturated carbocycles. The number of aryl methyl sites for hydroxylation is 2. The summed E-state index contributed by atoms with van der Waals surface area (Å²) in [7, 11) is 3.18. The molecule has 0 unspecified atom stereocenters. The van der Waals surface area contributed by atoms with Crippen LogP contribution in [0.5, 0.6) is 0 Å². The monoisotopic (exact) mass is 401 g/mol. The van der Waals surface area contributed by atoms with Crippen LogP contribution in [0.2, 0.25) is 0 Å². The Hall–Kier alpha value is -2.87. The zero-order valence-corrected chi connectivity index (χ0v) is 17.1. The van der Waals surface area contributed by atoms with Crippen molar-refractivity contribution >= 4 is 29.5 Å². The first kappa shape index (κ1) is 21.4. The lowest BCUT2D eigenvalue weighted by Gasteiger charge is -2.11. The van der Waals surface area contributed by atoms with Crippen molar-refractivity contribution in [3.8, 4) is 0 Å². The van der Waals surface area contributed by atoms with E-state index < -0.39 is 18.5 Å². The largest absolute Gasteiger partial charge is 0.452 e. The van der Waals surface area contributed by atoms with Crippen LogP contribution in [-0.2, 0) is 14.3 Å². The second kappa shape index (κ2) is 9.89. The number of amides is 2. The van der Waals surface area contributed by atoms with E-state index in [0.717, 1.165) is 10.5 Å². The van der Waals surface area contributed by atoms with Gasteiger partial charge in [-0.05, 0) is 49.2 Å². The molecule has 0 saturated heterocycles. The lowest BCUT2D eigenvalue weighted by atomic mass is 10.1. The van der Waals surface area contributed by atoms with Crippen molar-refractivity contribution in [2.75, 3.05) is 27.2 Å². The number of rotatable bonds is 7. The molecular formula is C20H23N3O4S. The van der Waals surface area contributed by atoms with E-state index in [1.54, 1.807) is 32.4 Å². The fourth-order valence-corrected chi connectivity index (χ4v) is 3.08. The van der Waals surface area contributed by atoms with Crippen molar-refractivity contribution in [1.29, 1.82) is 0 Å². The number of ether oxygens (including phenoxy) is 1. The van der Waals surface area contributed by atoms with Gasteiger partial charge < -0.3 is 15.0 Å². The van der Waals surface area contributed by atoms with Crippen LogP contribution in [0.15, 0.2) is 46.5 Å². The first-order valence-electron chi connectivity index (χ1n) is 8.62. The third-order valence-electron chi connectivity index (χ3n) is 3.95. The molecule has 0 bridgehead atoms. The first-order chi connectivity index (χ1) is 13.3. The number of carbonyl (C=O) groups excluding carboxylic acids is 3. The Morgan fingerprint density at radius 2 is 1.89 bits per heavy atom. The lowest BCUT2D eigenvalue weighted by molar-refractivity contribution is -0.131. The number of esters is 1. The molecule has 1 aromatic carbocycles. The molecular weight excluding hydrogens is 378 g/mol. The summed E-state index contributed by atoms with van der Waals surface area (Å²) in [6.07, 6.45) is 1.60. The number of nitrogens with one attached hydrogen (secondary N) is 1. The highest BCUT2D eigenvalue weighted by molar-refractivity contribution is 7.99. The Bertz CT molecular complexity index is 884. The summed E-state index contributed by atoms with van der Waals surface area (Å²) in [6.45, 7) is 3.43. The van der Waals surface area contributed by atoms with Gasteiger partial charge in [0.1, 0.15) is 5.03 Å². The van der Waals surface area contributed by atoms with E-state index in [-0.39, 0.29) is 18.0 Å². The van der Waals surface area contributed by atoms with E-state index in [2.05, 4.69) is 10.3 Å². The summed E-state index contributed by atoms with van der Waals surface area (Å²) in [6, 6.07) is 9.24. The van der Waals surface area contributed by atoms with Crippen molar-refractivity contribution < 1.29 is 19.1 Å². The van der Waals surface area contributed by atoms with Crippen LogP contribution < -0.4 is 5.32 Å². The normalized spacial score (nSPS) is 10.3. The van der Waals surface area contributed by atoms with E-state index >= 15 is 0 Å². The van der Waals surface area contributed by atoms with Crippen molar-refractivity contribution in [3.63, 3.8) is 0 Å². The quantitative estimate of drug-likeness (QED) is 0.716. The van der Waals surface area contributed by atoms with E-state index in [0.29, 0.717) is 5.03 Å². The second-order valence-electron chi connectivity index (χ2n) is 6.35. The van der Waals surface area contributed by atoms with Gasteiger partial charge in [0.05, 0.1) is 12.1 Å². The number of carbonyl (C=O) groups is 3. The molecule has 0 fully saturated rings. The molecule has 7 nitrogen and oxygen atoms in total. The molecule has 0 spiro atoms. The minimum absolute atomic E-state index is 0.149. The number of benzene rings is 1. The van der Waals surface area contributed by atoms with Gasteiger partial charge in [0, 0.05) is 25.2 Å². The van der Waals surface area contributed by atoms with Gasteiger partial charge in [-0.15, -0.1) is 0 Å².